The first-order chi connectivity index (χ1) is 11.2. The van der Waals surface area contributed by atoms with Gasteiger partial charge in [0.25, 0.3) is 5.91 Å². The third-order valence-electron chi connectivity index (χ3n) is 4.62. The molecule has 0 bridgehead atoms. The van der Waals surface area contributed by atoms with Gasteiger partial charge in [-0.3, -0.25) is 4.79 Å². The molecule has 3 rings (SSSR count). The van der Waals surface area contributed by atoms with Crippen molar-refractivity contribution >= 4 is 17.2 Å². The van der Waals surface area contributed by atoms with Gasteiger partial charge in [-0.1, -0.05) is 36.6 Å². The molecule has 1 aliphatic carbocycles. The number of carbonyl (C=O) groups excluding carboxylic acids is 1. The molecule has 1 aromatic carbocycles. The molecule has 1 heterocycles. The molecule has 0 radical (unpaired) electrons. The molecule has 3 nitrogen and oxygen atoms in total. The number of nitrogens with one attached hydrogen (secondary N) is 1. The van der Waals surface area contributed by atoms with Crippen LogP contribution in [0.5, 0.6) is 5.75 Å². The Morgan fingerprint density at radius 2 is 1.96 bits per heavy atom. The zero-order valence-electron chi connectivity index (χ0n) is 13.5. The highest BCUT2D eigenvalue weighted by Gasteiger charge is 2.36. The number of ether oxygens (including phenoxy) is 1. The average molecular weight is 329 g/mol. The van der Waals surface area contributed by atoms with E-state index in [1.807, 2.05) is 31.2 Å². The van der Waals surface area contributed by atoms with Crippen LogP contribution < -0.4 is 10.1 Å². The highest BCUT2D eigenvalue weighted by molar-refractivity contribution is 7.10. The second kappa shape index (κ2) is 7.18. The maximum Gasteiger partial charge on any atom is 0.257 e. The molecule has 0 unspecified atom stereocenters. The van der Waals surface area contributed by atoms with Gasteiger partial charge < -0.3 is 10.1 Å². The van der Waals surface area contributed by atoms with Crippen molar-refractivity contribution in [2.45, 2.75) is 38.0 Å². The van der Waals surface area contributed by atoms with E-state index in [-0.39, 0.29) is 17.9 Å². The van der Waals surface area contributed by atoms with E-state index < -0.39 is 0 Å². The first-order valence-corrected chi connectivity index (χ1v) is 9.06. The Hall–Kier alpha value is -1.81. The Bertz CT molecular complexity index is 628. The quantitative estimate of drug-likeness (QED) is 0.868. The van der Waals surface area contributed by atoms with Gasteiger partial charge in [0, 0.05) is 16.8 Å². The molecular formula is C19H23NO2S. The summed E-state index contributed by atoms with van der Waals surface area (Å²) in [4.78, 5) is 13.5. The first-order valence-electron chi connectivity index (χ1n) is 8.18. The molecule has 1 fully saturated rings. The third kappa shape index (κ3) is 3.94. The van der Waals surface area contributed by atoms with Crippen LogP contribution in [0.15, 0.2) is 41.8 Å². The maximum atomic E-state index is 12.1. The summed E-state index contributed by atoms with van der Waals surface area (Å²) in [5.74, 6) is 0.688. The van der Waals surface area contributed by atoms with Crippen molar-refractivity contribution in [1.29, 1.82) is 0 Å². The first kappa shape index (κ1) is 16.1. The topological polar surface area (TPSA) is 38.3 Å². The lowest BCUT2D eigenvalue weighted by Gasteiger charge is -2.28. The van der Waals surface area contributed by atoms with Crippen LogP contribution in [0.4, 0.5) is 0 Å². The largest absolute Gasteiger partial charge is 0.484 e. The van der Waals surface area contributed by atoms with E-state index in [1.165, 1.54) is 23.3 Å². The molecular weight excluding hydrogens is 306 g/mol. The van der Waals surface area contributed by atoms with Gasteiger partial charge in [0.15, 0.2) is 6.61 Å². The van der Waals surface area contributed by atoms with Crippen LogP contribution in [0, 0.1) is 6.92 Å². The van der Waals surface area contributed by atoms with Crippen molar-refractivity contribution in [2.24, 2.45) is 0 Å². The molecule has 0 saturated heterocycles. The Morgan fingerprint density at radius 1 is 1.22 bits per heavy atom. The Morgan fingerprint density at radius 3 is 2.61 bits per heavy atom. The average Bonchev–Trinajstić information content (AvgIpc) is 3.24. The molecule has 1 saturated carbocycles. The normalized spacial score (nSPS) is 16.2. The van der Waals surface area contributed by atoms with Gasteiger partial charge >= 0.3 is 0 Å². The Labute approximate surface area is 141 Å². The monoisotopic (exact) mass is 329 g/mol. The minimum Gasteiger partial charge on any atom is -0.484 e. The van der Waals surface area contributed by atoms with Crippen molar-refractivity contribution in [2.75, 3.05) is 13.2 Å². The Balaban J connectivity index is 1.52. The summed E-state index contributed by atoms with van der Waals surface area (Å²) in [7, 11) is 0. The molecule has 1 aliphatic rings. The molecule has 0 spiro atoms. The van der Waals surface area contributed by atoms with Gasteiger partial charge in [0.1, 0.15) is 5.75 Å². The van der Waals surface area contributed by atoms with E-state index in [9.17, 15) is 4.79 Å². The fourth-order valence-corrected chi connectivity index (χ4v) is 4.23. The molecule has 2 aromatic rings. The summed E-state index contributed by atoms with van der Waals surface area (Å²) in [6.45, 7) is 2.81. The standard InChI is InChI=1S/C19H23NO2S/c1-15-6-8-16(9-7-15)22-13-18(21)20-14-19(10-2-3-11-19)17-5-4-12-23-17/h4-9,12H,2-3,10-11,13-14H2,1H3,(H,20,21). The highest BCUT2D eigenvalue weighted by Crippen LogP contribution is 2.42. The number of amides is 1. The lowest BCUT2D eigenvalue weighted by Crippen LogP contribution is -2.40. The molecule has 0 atom stereocenters. The van der Waals surface area contributed by atoms with Crippen molar-refractivity contribution in [3.05, 3.63) is 52.2 Å². The van der Waals surface area contributed by atoms with Crippen LogP contribution in [0.25, 0.3) is 0 Å². The third-order valence-corrected chi connectivity index (χ3v) is 5.74. The number of hydrogen-bond acceptors (Lipinski definition) is 3. The van der Waals surface area contributed by atoms with E-state index in [0.717, 1.165) is 18.6 Å². The second-order valence-electron chi connectivity index (χ2n) is 6.34. The summed E-state index contributed by atoms with van der Waals surface area (Å²) < 4.78 is 5.55. The van der Waals surface area contributed by atoms with Crippen LogP contribution in [0.3, 0.4) is 0 Å². The van der Waals surface area contributed by atoms with E-state index in [2.05, 4.69) is 22.8 Å². The second-order valence-corrected chi connectivity index (χ2v) is 7.29. The van der Waals surface area contributed by atoms with Crippen molar-refractivity contribution < 1.29 is 9.53 Å². The van der Waals surface area contributed by atoms with Crippen LogP contribution in [-0.2, 0) is 10.2 Å². The van der Waals surface area contributed by atoms with Gasteiger partial charge in [-0.15, -0.1) is 11.3 Å². The minimum atomic E-state index is -0.0478. The molecule has 1 amide bonds. The van der Waals surface area contributed by atoms with Gasteiger partial charge in [0.2, 0.25) is 0 Å². The Kier molecular flexibility index (Phi) is 5.01. The summed E-state index contributed by atoms with van der Waals surface area (Å²) in [5.41, 5.74) is 1.31. The fourth-order valence-electron chi connectivity index (χ4n) is 3.24. The smallest absolute Gasteiger partial charge is 0.257 e. The number of rotatable bonds is 6. The van der Waals surface area contributed by atoms with Crippen LogP contribution in [0.2, 0.25) is 0 Å². The predicted molar refractivity (Wildman–Crippen MR) is 94.1 cm³/mol. The zero-order valence-corrected chi connectivity index (χ0v) is 14.3. The predicted octanol–water partition coefficient (Wildman–Crippen LogP) is 4.06. The van der Waals surface area contributed by atoms with Crippen molar-refractivity contribution in [3.63, 3.8) is 0 Å². The lowest BCUT2D eigenvalue weighted by atomic mass is 9.84. The maximum absolute atomic E-state index is 12.1. The van der Waals surface area contributed by atoms with E-state index in [0.29, 0.717) is 6.54 Å². The molecule has 1 N–H and O–H groups in total. The summed E-state index contributed by atoms with van der Waals surface area (Å²) >= 11 is 1.80. The highest BCUT2D eigenvalue weighted by atomic mass is 32.1. The van der Waals surface area contributed by atoms with Crippen LogP contribution >= 0.6 is 11.3 Å². The van der Waals surface area contributed by atoms with Crippen LogP contribution in [0.1, 0.15) is 36.1 Å². The number of hydrogen-bond donors (Lipinski definition) is 1. The number of carbonyl (C=O) groups is 1. The van der Waals surface area contributed by atoms with Gasteiger partial charge in [-0.25, -0.2) is 0 Å². The number of aryl methyl sites for hydroxylation is 1. The molecule has 23 heavy (non-hydrogen) atoms. The fraction of sp³-hybridized carbons (Fsp3) is 0.421. The van der Waals surface area contributed by atoms with Gasteiger partial charge in [0.05, 0.1) is 0 Å². The zero-order chi connectivity index (χ0) is 16.1. The van der Waals surface area contributed by atoms with Crippen molar-refractivity contribution in [1.82, 2.24) is 5.32 Å². The van der Waals surface area contributed by atoms with Gasteiger partial charge in [-0.2, -0.15) is 0 Å². The van der Waals surface area contributed by atoms with E-state index >= 15 is 0 Å². The number of benzene rings is 1. The van der Waals surface area contributed by atoms with Crippen LogP contribution in [-0.4, -0.2) is 19.1 Å². The van der Waals surface area contributed by atoms with Crippen molar-refractivity contribution in [3.8, 4) is 5.75 Å². The summed E-state index contributed by atoms with van der Waals surface area (Å²) in [5, 5.41) is 5.20. The molecule has 4 heteroatoms. The molecule has 1 aromatic heterocycles. The van der Waals surface area contributed by atoms with E-state index in [1.54, 1.807) is 11.3 Å². The minimum absolute atomic E-state index is 0.0478. The van der Waals surface area contributed by atoms with E-state index in [4.69, 9.17) is 4.74 Å². The number of thiophene rings is 1. The summed E-state index contributed by atoms with van der Waals surface area (Å²) in [6.07, 6.45) is 4.81. The lowest BCUT2D eigenvalue weighted by molar-refractivity contribution is -0.123. The SMILES string of the molecule is Cc1ccc(OCC(=O)NCC2(c3cccs3)CCCC2)cc1. The molecule has 122 valence electrons. The molecule has 0 aliphatic heterocycles. The van der Waals surface area contributed by atoms with Gasteiger partial charge in [-0.05, 0) is 43.3 Å². The summed E-state index contributed by atoms with van der Waals surface area (Å²) in [6, 6.07) is 12.1.